The summed E-state index contributed by atoms with van der Waals surface area (Å²) in [6.07, 6.45) is 0. The van der Waals surface area contributed by atoms with Gasteiger partial charge in [-0.25, -0.2) is 4.79 Å². The molecule has 4 amide bonds. The summed E-state index contributed by atoms with van der Waals surface area (Å²) in [5.74, 6) is -0.510. The second-order valence-electron chi connectivity index (χ2n) is 7.67. The number of piperazine rings is 1. The Balaban J connectivity index is 1.45. The summed E-state index contributed by atoms with van der Waals surface area (Å²) in [4.78, 5) is 40.3. The Morgan fingerprint density at radius 3 is 2.19 bits per heavy atom. The molecule has 8 heteroatoms. The number of benzene rings is 2. The van der Waals surface area contributed by atoms with Crippen molar-refractivity contribution in [3.63, 3.8) is 0 Å². The molecule has 8 nitrogen and oxygen atoms in total. The molecule has 0 spiro atoms. The molecule has 1 aliphatic heterocycles. The van der Waals surface area contributed by atoms with E-state index < -0.39 is 6.04 Å². The lowest BCUT2D eigenvalue weighted by atomic mass is 10.2. The average molecular weight is 424 g/mol. The van der Waals surface area contributed by atoms with Gasteiger partial charge >= 0.3 is 6.03 Å². The van der Waals surface area contributed by atoms with E-state index in [9.17, 15) is 14.4 Å². The van der Waals surface area contributed by atoms with Gasteiger partial charge in [0.15, 0.2) is 0 Å². The molecule has 0 aliphatic carbocycles. The van der Waals surface area contributed by atoms with Gasteiger partial charge in [0.1, 0.15) is 6.04 Å². The predicted molar refractivity (Wildman–Crippen MR) is 121 cm³/mol. The highest BCUT2D eigenvalue weighted by atomic mass is 16.2. The van der Waals surface area contributed by atoms with Gasteiger partial charge in [-0.3, -0.25) is 14.5 Å². The Morgan fingerprint density at radius 1 is 0.903 bits per heavy atom. The minimum atomic E-state index is -0.695. The lowest BCUT2D eigenvalue weighted by Crippen LogP contribution is -2.54. The molecule has 0 saturated carbocycles. The summed E-state index contributed by atoms with van der Waals surface area (Å²) in [6.45, 7) is 6.75. The van der Waals surface area contributed by atoms with Gasteiger partial charge in [-0.05, 0) is 30.7 Å². The highest BCUT2D eigenvalue weighted by molar-refractivity contribution is 5.97. The zero-order chi connectivity index (χ0) is 22.2. The standard InChI is InChI=1S/C23H29N5O3/c1-17(22(30)26-21-10-6-9-20(15-21)25-18(2)29)24-23(31)28-13-11-27(12-14-28)16-19-7-4-3-5-8-19/h3-10,15,17H,11-14,16H2,1-2H3,(H,24,31)(H,25,29)(H,26,30)/t17-/m1/s1. The third-order valence-electron chi connectivity index (χ3n) is 5.09. The van der Waals surface area contributed by atoms with Crippen molar-refractivity contribution in [3.8, 4) is 0 Å². The summed E-state index contributed by atoms with van der Waals surface area (Å²) in [5, 5.41) is 8.20. The van der Waals surface area contributed by atoms with E-state index in [4.69, 9.17) is 0 Å². The van der Waals surface area contributed by atoms with Crippen molar-refractivity contribution >= 4 is 29.2 Å². The summed E-state index contributed by atoms with van der Waals surface area (Å²) in [5.41, 5.74) is 2.40. The zero-order valence-corrected chi connectivity index (χ0v) is 17.9. The van der Waals surface area contributed by atoms with E-state index in [1.54, 1.807) is 36.1 Å². The van der Waals surface area contributed by atoms with Gasteiger partial charge in [-0.15, -0.1) is 0 Å². The Kier molecular flexibility index (Phi) is 7.61. The van der Waals surface area contributed by atoms with E-state index in [1.165, 1.54) is 12.5 Å². The van der Waals surface area contributed by atoms with E-state index in [1.807, 2.05) is 18.2 Å². The molecule has 31 heavy (non-hydrogen) atoms. The van der Waals surface area contributed by atoms with Crippen molar-refractivity contribution in [2.75, 3.05) is 36.8 Å². The van der Waals surface area contributed by atoms with Gasteiger partial charge in [0.25, 0.3) is 0 Å². The normalized spacial score (nSPS) is 15.1. The molecule has 0 radical (unpaired) electrons. The molecule has 3 N–H and O–H groups in total. The van der Waals surface area contributed by atoms with E-state index in [2.05, 4.69) is 33.0 Å². The molecule has 1 heterocycles. The van der Waals surface area contributed by atoms with Crippen LogP contribution in [0.15, 0.2) is 54.6 Å². The highest BCUT2D eigenvalue weighted by Crippen LogP contribution is 2.15. The molecule has 1 saturated heterocycles. The molecule has 2 aromatic carbocycles. The smallest absolute Gasteiger partial charge is 0.318 e. The lowest BCUT2D eigenvalue weighted by molar-refractivity contribution is -0.117. The van der Waals surface area contributed by atoms with Crippen LogP contribution in [-0.2, 0) is 16.1 Å². The molecular weight excluding hydrogens is 394 g/mol. The largest absolute Gasteiger partial charge is 0.326 e. The fourth-order valence-electron chi connectivity index (χ4n) is 3.42. The summed E-state index contributed by atoms with van der Waals surface area (Å²) < 4.78 is 0. The number of anilines is 2. The van der Waals surface area contributed by atoms with Crippen LogP contribution in [0.4, 0.5) is 16.2 Å². The van der Waals surface area contributed by atoms with E-state index in [0.29, 0.717) is 24.5 Å². The van der Waals surface area contributed by atoms with Crippen LogP contribution in [0.25, 0.3) is 0 Å². The zero-order valence-electron chi connectivity index (χ0n) is 17.9. The van der Waals surface area contributed by atoms with Crippen LogP contribution in [0.3, 0.4) is 0 Å². The maximum Gasteiger partial charge on any atom is 0.318 e. The van der Waals surface area contributed by atoms with Crippen LogP contribution in [0, 0.1) is 0 Å². The fourth-order valence-corrected chi connectivity index (χ4v) is 3.42. The van der Waals surface area contributed by atoms with Crippen LogP contribution < -0.4 is 16.0 Å². The monoisotopic (exact) mass is 423 g/mol. The number of hydrogen-bond acceptors (Lipinski definition) is 4. The number of nitrogens with one attached hydrogen (secondary N) is 3. The van der Waals surface area contributed by atoms with Crippen LogP contribution in [0.1, 0.15) is 19.4 Å². The van der Waals surface area contributed by atoms with E-state index in [-0.39, 0.29) is 17.8 Å². The van der Waals surface area contributed by atoms with Crippen molar-refractivity contribution in [1.29, 1.82) is 0 Å². The van der Waals surface area contributed by atoms with Crippen LogP contribution >= 0.6 is 0 Å². The van der Waals surface area contributed by atoms with Crippen molar-refractivity contribution in [2.45, 2.75) is 26.4 Å². The second-order valence-corrected chi connectivity index (χ2v) is 7.67. The molecular formula is C23H29N5O3. The highest BCUT2D eigenvalue weighted by Gasteiger charge is 2.24. The Morgan fingerprint density at radius 2 is 1.55 bits per heavy atom. The molecule has 3 rings (SSSR count). The van der Waals surface area contributed by atoms with Gasteiger partial charge in [0, 0.05) is 51.0 Å². The maximum atomic E-state index is 12.6. The van der Waals surface area contributed by atoms with Crippen LogP contribution in [-0.4, -0.2) is 59.9 Å². The molecule has 2 aromatic rings. The van der Waals surface area contributed by atoms with Gasteiger partial charge in [-0.2, -0.15) is 0 Å². The Hall–Kier alpha value is -3.39. The van der Waals surface area contributed by atoms with Gasteiger partial charge in [-0.1, -0.05) is 36.4 Å². The summed E-state index contributed by atoms with van der Waals surface area (Å²) in [6, 6.07) is 16.2. The van der Waals surface area contributed by atoms with E-state index in [0.717, 1.165) is 19.6 Å². The Labute approximate surface area is 182 Å². The molecule has 1 atom stereocenters. The number of carbonyl (C=O) groups excluding carboxylic acids is 3. The van der Waals surface area contributed by atoms with Crippen molar-refractivity contribution in [2.24, 2.45) is 0 Å². The third-order valence-corrected chi connectivity index (χ3v) is 5.09. The molecule has 0 aromatic heterocycles. The average Bonchev–Trinajstić information content (AvgIpc) is 2.74. The number of urea groups is 1. The number of rotatable bonds is 6. The quantitative estimate of drug-likeness (QED) is 0.666. The number of hydrogen-bond donors (Lipinski definition) is 3. The summed E-state index contributed by atoms with van der Waals surface area (Å²) >= 11 is 0. The van der Waals surface area contributed by atoms with E-state index >= 15 is 0 Å². The topological polar surface area (TPSA) is 93.8 Å². The SMILES string of the molecule is CC(=O)Nc1cccc(NC(=O)[C@@H](C)NC(=O)N2CCN(Cc3ccccc3)CC2)c1. The van der Waals surface area contributed by atoms with Crippen LogP contribution in [0.5, 0.6) is 0 Å². The third kappa shape index (κ3) is 6.82. The maximum absolute atomic E-state index is 12.6. The van der Waals surface area contributed by atoms with Crippen molar-refractivity contribution < 1.29 is 14.4 Å². The predicted octanol–water partition coefficient (Wildman–Crippen LogP) is 2.50. The first-order valence-corrected chi connectivity index (χ1v) is 10.4. The molecule has 1 aliphatic rings. The lowest BCUT2D eigenvalue weighted by Gasteiger charge is -2.35. The van der Waals surface area contributed by atoms with Crippen molar-refractivity contribution in [1.82, 2.24) is 15.1 Å². The molecule has 0 bridgehead atoms. The molecule has 164 valence electrons. The number of carbonyl (C=O) groups is 3. The van der Waals surface area contributed by atoms with Gasteiger partial charge in [0.2, 0.25) is 11.8 Å². The minimum Gasteiger partial charge on any atom is -0.326 e. The fraction of sp³-hybridized carbons (Fsp3) is 0.348. The van der Waals surface area contributed by atoms with Crippen molar-refractivity contribution in [3.05, 3.63) is 60.2 Å². The number of nitrogens with zero attached hydrogens (tertiary/aromatic N) is 2. The first-order chi connectivity index (χ1) is 14.9. The Bertz CT molecular complexity index is 910. The van der Waals surface area contributed by atoms with Gasteiger partial charge in [0.05, 0.1) is 0 Å². The molecule has 0 unspecified atom stereocenters. The molecule has 1 fully saturated rings. The second kappa shape index (κ2) is 10.6. The number of amides is 4. The first-order valence-electron chi connectivity index (χ1n) is 10.4. The van der Waals surface area contributed by atoms with Gasteiger partial charge < -0.3 is 20.9 Å². The summed E-state index contributed by atoms with van der Waals surface area (Å²) in [7, 11) is 0. The minimum absolute atomic E-state index is 0.187. The van der Waals surface area contributed by atoms with Crippen LogP contribution in [0.2, 0.25) is 0 Å². The first kappa shape index (κ1) is 22.3.